The Morgan fingerprint density at radius 1 is 0.895 bits per heavy atom. The maximum Gasteiger partial charge on any atom is 0.299 e. The SMILES string of the molecule is O=C1C=C(c2ccccc2)OC1(O)c1ccccc1. The maximum absolute atomic E-state index is 12.0. The fraction of sp³-hybridized carbons (Fsp3) is 0.0625. The summed E-state index contributed by atoms with van der Waals surface area (Å²) >= 11 is 0. The van der Waals surface area contributed by atoms with Crippen LogP contribution in [-0.4, -0.2) is 10.9 Å². The highest BCUT2D eigenvalue weighted by molar-refractivity contribution is 6.04. The number of ether oxygens (including phenoxy) is 1. The lowest BCUT2D eigenvalue weighted by Gasteiger charge is -2.22. The van der Waals surface area contributed by atoms with Gasteiger partial charge in [-0.15, -0.1) is 0 Å². The molecule has 0 fully saturated rings. The second kappa shape index (κ2) is 4.37. The Labute approximate surface area is 110 Å². The van der Waals surface area contributed by atoms with Gasteiger partial charge in [-0.25, -0.2) is 0 Å². The predicted molar refractivity (Wildman–Crippen MR) is 70.8 cm³/mol. The molecular weight excluding hydrogens is 240 g/mol. The van der Waals surface area contributed by atoms with E-state index in [0.29, 0.717) is 11.3 Å². The summed E-state index contributed by atoms with van der Waals surface area (Å²) in [7, 11) is 0. The smallest absolute Gasteiger partial charge is 0.299 e. The summed E-state index contributed by atoms with van der Waals surface area (Å²) in [6, 6.07) is 17.9. The van der Waals surface area contributed by atoms with Crippen molar-refractivity contribution in [2.24, 2.45) is 0 Å². The van der Waals surface area contributed by atoms with Gasteiger partial charge in [-0.1, -0.05) is 60.7 Å². The number of aliphatic hydroxyl groups is 1. The van der Waals surface area contributed by atoms with Gasteiger partial charge in [-0.2, -0.15) is 0 Å². The first kappa shape index (κ1) is 11.7. The van der Waals surface area contributed by atoms with E-state index in [-0.39, 0.29) is 0 Å². The number of carbonyl (C=O) groups is 1. The molecule has 94 valence electrons. The third kappa shape index (κ3) is 1.94. The lowest BCUT2D eigenvalue weighted by molar-refractivity contribution is -0.173. The van der Waals surface area contributed by atoms with Crippen LogP contribution in [0.3, 0.4) is 0 Å². The fourth-order valence-corrected chi connectivity index (χ4v) is 2.07. The summed E-state index contributed by atoms with van der Waals surface area (Å²) in [5, 5.41) is 10.4. The van der Waals surface area contributed by atoms with Gasteiger partial charge in [-0.3, -0.25) is 4.79 Å². The zero-order valence-corrected chi connectivity index (χ0v) is 10.1. The van der Waals surface area contributed by atoms with Crippen LogP contribution in [0.5, 0.6) is 0 Å². The van der Waals surface area contributed by atoms with Crippen molar-refractivity contribution in [2.75, 3.05) is 0 Å². The molecule has 3 heteroatoms. The second-order valence-electron chi connectivity index (χ2n) is 4.35. The van der Waals surface area contributed by atoms with Crippen molar-refractivity contribution >= 4 is 11.5 Å². The number of hydrogen-bond acceptors (Lipinski definition) is 3. The minimum absolute atomic E-state index is 0.386. The summed E-state index contributed by atoms with van der Waals surface area (Å²) in [5.41, 5.74) is 1.20. The quantitative estimate of drug-likeness (QED) is 0.893. The Balaban J connectivity index is 1.96. The number of hydrogen-bond donors (Lipinski definition) is 1. The molecule has 0 saturated carbocycles. The van der Waals surface area contributed by atoms with Crippen molar-refractivity contribution in [3.63, 3.8) is 0 Å². The first-order chi connectivity index (χ1) is 9.20. The van der Waals surface area contributed by atoms with E-state index in [2.05, 4.69) is 0 Å². The average Bonchev–Trinajstić information content (AvgIpc) is 2.78. The highest BCUT2D eigenvalue weighted by Crippen LogP contribution is 2.36. The molecule has 1 aliphatic rings. The van der Waals surface area contributed by atoms with E-state index in [4.69, 9.17) is 4.74 Å². The summed E-state index contributed by atoms with van der Waals surface area (Å²) < 4.78 is 5.50. The summed E-state index contributed by atoms with van der Waals surface area (Å²) in [5.74, 6) is -1.98. The van der Waals surface area contributed by atoms with E-state index in [9.17, 15) is 9.90 Å². The zero-order valence-electron chi connectivity index (χ0n) is 10.1. The molecule has 1 atom stereocenters. The Kier molecular flexibility index (Phi) is 2.69. The largest absolute Gasteiger partial charge is 0.450 e. The van der Waals surface area contributed by atoms with Crippen molar-refractivity contribution in [1.82, 2.24) is 0 Å². The Hall–Kier alpha value is -2.39. The second-order valence-corrected chi connectivity index (χ2v) is 4.35. The van der Waals surface area contributed by atoms with Gasteiger partial charge in [0, 0.05) is 17.2 Å². The lowest BCUT2D eigenvalue weighted by atomic mass is 10.0. The standard InChI is InChI=1S/C16H12O3/c17-15-11-14(12-7-3-1-4-8-12)19-16(15,18)13-9-5-2-6-10-13/h1-11,18H. The highest BCUT2D eigenvalue weighted by atomic mass is 16.6. The molecule has 0 aliphatic carbocycles. The van der Waals surface area contributed by atoms with Crippen LogP contribution in [0.2, 0.25) is 0 Å². The van der Waals surface area contributed by atoms with Crippen LogP contribution in [0.25, 0.3) is 5.76 Å². The fourth-order valence-electron chi connectivity index (χ4n) is 2.07. The van der Waals surface area contributed by atoms with Crippen LogP contribution >= 0.6 is 0 Å². The molecule has 3 nitrogen and oxygen atoms in total. The number of ketones is 1. The number of rotatable bonds is 2. The van der Waals surface area contributed by atoms with Gasteiger partial charge >= 0.3 is 0 Å². The molecule has 0 radical (unpaired) electrons. The molecule has 0 aromatic heterocycles. The minimum Gasteiger partial charge on any atom is -0.450 e. The molecule has 0 saturated heterocycles. The Bertz CT molecular complexity index is 632. The Morgan fingerprint density at radius 2 is 1.47 bits per heavy atom. The van der Waals surface area contributed by atoms with Crippen LogP contribution < -0.4 is 0 Å². The van der Waals surface area contributed by atoms with Gasteiger partial charge in [-0.05, 0) is 0 Å². The van der Waals surface area contributed by atoms with Gasteiger partial charge in [0.05, 0.1) is 0 Å². The average molecular weight is 252 g/mol. The van der Waals surface area contributed by atoms with Gasteiger partial charge in [0.25, 0.3) is 5.79 Å². The monoisotopic (exact) mass is 252 g/mol. The molecule has 1 aliphatic heterocycles. The van der Waals surface area contributed by atoms with Crippen LogP contribution in [0, 0.1) is 0 Å². The summed E-state index contributed by atoms with van der Waals surface area (Å²) in [6.07, 6.45) is 1.34. The third-order valence-electron chi connectivity index (χ3n) is 3.08. The highest BCUT2D eigenvalue weighted by Gasteiger charge is 2.44. The first-order valence-electron chi connectivity index (χ1n) is 5.98. The third-order valence-corrected chi connectivity index (χ3v) is 3.08. The number of carbonyl (C=O) groups excluding carboxylic acids is 1. The molecule has 2 aromatic rings. The topological polar surface area (TPSA) is 46.5 Å². The van der Waals surface area contributed by atoms with Gasteiger partial charge in [0.1, 0.15) is 5.76 Å². The van der Waals surface area contributed by atoms with Crippen molar-refractivity contribution in [2.45, 2.75) is 5.79 Å². The molecule has 0 amide bonds. The van der Waals surface area contributed by atoms with Crippen LogP contribution in [0.1, 0.15) is 11.1 Å². The first-order valence-corrected chi connectivity index (χ1v) is 5.98. The van der Waals surface area contributed by atoms with Crippen molar-refractivity contribution < 1.29 is 14.6 Å². The van der Waals surface area contributed by atoms with E-state index < -0.39 is 11.6 Å². The van der Waals surface area contributed by atoms with Crippen LogP contribution in [-0.2, 0) is 15.3 Å². The zero-order chi connectivity index (χ0) is 13.3. The van der Waals surface area contributed by atoms with E-state index in [0.717, 1.165) is 5.56 Å². The molecule has 1 N–H and O–H groups in total. The molecule has 2 aromatic carbocycles. The van der Waals surface area contributed by atoms with Crippen molar-refractivity contribution in [1.29, 1.82) is 0 Å². The van der Waals surface area contributed by atoms with Crippen molar-refractivity contribution in [3.8, 4) is 0 Å². The Morgan fingerprint density at radius 3 is 2.11 bits per heavy atom. The molecule has 0 bridgehead atoms. The molecule has 1 unspecified atom stereocenters. The number of benzene rings is 2. The minimum atomic E-state index is -1.91. The molecule has 1 heterocycles. The normalized spacial score (nSPS) is 21.9. The molecule has 3 rings (SSSR count). The van der Waals surface area contributed by atoms with Gasteiger partial charge in [0.2, 0.25) is 5.78 Å². The molecule has 0 spiro atoms. The summed E-state index contributed by atoms with van der Waals surface area (Å²) in [6.45, 7) is 0. The van der Waals surface area contributed by atoms with Crippen LogP contribution in [0.4, 0.5) is 0 Å². The lowest BCUT2D eigenvalue weighted by Crippen LogP contribution is -2.32. The van der Waals surface area contributed by atoms with E-state index in [1.165, 1.54) is 6.08 Å². The maximum atomic E-state index is 12.0. The molecular formula is C16H12O3. The van der Waals surface area contributed by atoms with Crippen LogP contribution in [0.15, 0.2) is 66.7 Å². The predicted octanol–water partition coefficient (Wildman–Crippen LogP) is 2.47. The van der Waals surface area contributed by atoms with Gasteiger partial charge in [0.15, 0.2) is 0 Å². The molecule has 19 heavy (non-hydrogen) atoms. The summed E-state index contributed by atoms with van der Waals surface area (Å²) in [4.78, 5) is 12.0. The van der Waals surface area contributed by atoms with E-state index >= 15 is 0 Å². The van der Waals surface area contributed by atoms with Gasteiger partial charge < -0.3 is 9.84 Å². The van der Waals surface area contributed by atoms with E-state index in [1.807, 2.05) is 36.4 Å². The van der Waals surface area contributed by atoms with E-state index in [1.54, 1.807) is 24.3 Å². The van der Waals surface area contributed by atoms with Crippen molar-refractivity contribution in [3.05, 3.63) is 77.9 Å².